The van der Waals surface area contributed by atoms with E-state index >= 15 is 0 Å². The van der Waals surface area contributed by atoms with Crippen molar-refractivity contribution < 1.29 is 19.4 Å². The molecular formula is C19H20N2O4. The molecule has 0 radical (unpaired) electrons. The predicted octanol–water partition coefficient (Wildman–Crippen LogP) is 1.19. The maximum Gasteiger partial charge on any atom is 0.259 e. The van der Waals surface area contributed by atoms with Crippen LogP contribution in [0.1, 0.15) is 0 Å². The molecule has 2 aromatic carbocycles. The molecule has 2 atom stereocenters. The molecule has 1 fully saturated rings. The van der Waals surface area contributed by atoms with Crippen LogP contribution in [-0.2, 0) is 14.3 Å². The highest BCUT2D eigenvalue weighted by atomic mass is 16.5. The van der Waals surface area contributed by atoms with Gasteiger partial charge in [-0.15, -0.1) is 0 Å². The zero-order chi connectivity index (χ0) is 17.8. The molecule has 0 saturated carbocycles. The van der Waals surface area contributed by atoms with Crippen molar-refractivity contribution >= 4 is 17.5 Å². The lowest BCUT2D eigenvalue weighted by Crippen LogP contribution is -2.56. The van der Waals surface area contributed by atoms with Crippen molar-refractivity contribution in [1.29, 1.82) is 0 Å². The Balaban J connectivity index is 1.86. The van der Waals surface area contributed by atoms with Gasteiger partial charge in [-0.1, -0.05) is 42.5 Å². The van der Waals surface area contributed by atoms with E-state index in [0.717, 1.165) is 11.1 Å². The minimum absolute atomic E-state index is 0.250. The van der Waals surface area contributed by atoms with Gasteiger partial charge < -0.3 is 20.1 Å². The molecule has 1 aliphatic heterocycles. The minimum Gasteiger partial charge on any atom is -0.380 e. The van der Waals surface area contributed by atoms with Gasteiger partial charge in [-0.2, -0.15) is 0 Å². The third-order valence-corrected chi connectivity index (χ3v) is 4.19. The number of carbonyl (C=O) groups is 2. The normalized spacial score (nSPS) is 18.7. The van der Waals surface area contributed by atoms with Crippen LogP contribution >= 0.6 is 0 Å². The number of benzene rings is 2. The van der Waals surface area contributed by atoms with Crippen LogP contribution in [0.4, 0.5) is 5.69 Å². The number of ether oxygens (including phenoxy) is 1. The van der Waals surface area contributed by atoms with Crippen LogP contribution in [0, 0.1) is 0 Å². The van der Waals surface area contributed by atoms with Gasteiger partial charge in [-0.3, -0.25) is 9.59 Å². The van der Waals surface area contributed by atoms with Gasteiger partial charge in [0.05, 0.1) is 6.61 Å². The average molecular weight is 340 g/mol. The van der Waals surface area contributed by atoms with Crippen LogP contribution in [0.3, 0.4) is 0 Å². The number of aliphatic hydroxyl groups excluding tert-OH is 1. The molecule has 2 N–H and O–H groups in total. The highest BCUT2D eigenvalue weighted by Gasteiger charge is 2.38. The lowest BCUT2D eigenvalue weighted by Gasteiger charge is -2.34. The third-order valence-electron chi connectivity index (χ3n) is 4.19. The van der Waals surface area contributed by atoms with E-state index in [2.05, 4.69) is 5.32 Å². The molecule has 1 aliphatic rings. The summed E-state index contributed by atoms with van der Waals surface area (Å²) in [7, 11) is 1.40. The van der Waals surface area contributed by atoms with E-state index < -0.39 is 24.0 Å². The number of carbonyl (C=O) groups excluding carboxylic acids is 2. The maximum absolute atomic E-state index is 12.7. The number of nitrogens with one attached hydrogen (secondary N) is 1. The molecule has 1 heterocycles. The van der Waals surface area contributed by atoms with Crippen LogP contribution in [-0.4, -0.2) is 49.3 Å². The maximum atomic E-state index is 12.7. The molecule has 25 heavy (non-hydrogen) atoms. The molecule has 2 amide bonds. The lowest BCUT2D eigenvalue weighted by atomic mass is 10.0. The van der Waals surface area contributed by atoms with Crippen molar-refractivity contribution in [1.82, 2.24) is 5.32 Å². The van der Waals surface area contributed by atoms with Crippen LogP contribution in [0.15, 0.2) is 54.6 Å². The van der Waals surface area contributed by atoms with E-state index in [1.165, 1.54) is 7.05 Å². The van der Waals surface area contributed by atoms with Gasteiger partial charge in [-0.25, -0.2) is 0 Å². The number of hydrogen-bond acceptors (Lipinski definition) is 4. The summed E-state index contributed by atoms with van der Waals surface area (Å²) in [6, 6.07) is 17.5. The second kappa shape index (κ2) is 7.46. The number of morpholine rings is 1. The number of amides is 2. The predicted molar refractivity (Wildman–Crippen MR) is 94.0 cm³/mol. The standard InChI is InChI=1S/C19H20N2O4/c1-20-18(23)16(22)17-19(24)21(10-11-25-17)15-9-5-8-14(12-15)13-6-3-2-4-7-13/h2-9,12,16-17,22H,10-11H2,1H3,(H,20,23)/t16-,17-/m1/s1. The summed E-state index contributed by atoms with van der Waals surface area (Å²) >= 11 is 0. The number of nitrogens with zero attached hydrogens (tertiary/aromatic N) is 1. The van der Waals surface area contributed by atoms with E-state index in [-0.39, 0.29) is 6.61 Å². The average Bonchev–Trinajstić information content (AvgIpc) is 2.68. The Kier molecular flexibility index (Phi) is 5.11. The molecule has 1 saturated heterocycles. The largest absolute Gasteiger partial charge is 0.380 e. The third kappa shape index (κ3) is 3.55. The minimum atomic E-state index is -1.53. The fourth-order valence-electron chi connectivity index (χ4n) is 2.86. The van der Waals surface area contributed by atoms with Crippen molar-refractivity contribution in [2.75, 3.05) is 25.1 Å². The molecule has 0 unspecified atom stereocenters. The van der Waals surface area contributed by atoms with Crippen LogP contribution in [0.5, 0.6) is 0 Å². The fraction of sp³-hybridized carbons (Fsp3) is 0.263. The van der Waals surface area contributed by atoms with E-state index in [1.807, 2.05) is 54.6 Å². The Hall–Kier alpha value is -2.70. The molecule has 0 bridgehead atoms. The van der Waals surface area contributed by atoms with Gasteiger partial charge in [0, 0.05) is 19.3 Å². The Morgan fingerprint density at radius 2 is 1.92 bits per heavy atom. The highest BCUT2D eigenvalue weighted by molar-refractivity contribution is 6.01. The number of hydrogen-bond donors (Lipinski definition) is 2. The summed E-state index contributed by atoms with van der Waals surface area (Å²) in [6.45, 7) is 0.619. The number of likely N-dealkylation sites (N-methyl/N-ethyl adjacent to an activating group) is 1. The Bertz CT molecular complexity index is 763. The summed E-state index contributed by atoms with van der Waals surface area (Å²) in [5, 5.41) is 12.4. The van der Waals surface area contributed by atoms with E-state index in [9.17, 15) is 14.7 Å². The van der Waals surface area contributed by atoms with Crippen molar-refractivity contribution in [2.45, 2.75) is 12.2 Å². The second-order valence-corrected chi connectivity index (χ2v) is 5.76. The summed E-state index contributed by atoms with van der Waals surface area (Å²) in [6.07, 6.45) is -2.73. The van der Waals surface area contributed by atoms with Crippen molar-refractivity contribution in [2.24, 2.45) is 0 Å². The topological polar surface area (TPSA) is 78.9 Å². The Morgan fingerprint density at radius 1 is 1.20 bits per heavy atom. The van der Waals surface area contributed by atoms with Gasteiger partial charge in [0.2, 0.25) is 0 Å². The van der Waals surface area contributed by atoms with Gasteiger partial charge in [-0.05, 0) is 23.3 Å². The Labute approximate surface area is 146 Å². The van der Waals surface area contributed by atoms with Crippen LogP contribution in [0.2, 0.25) is 0 Å². The summed E-state index contributed by atoms with van der Waals surface area (Å²) in [4.78, 5) is 25.9. The Morgan fingerprint density at radius 3 is 2.64 bits per heavy atom. The quantitative estimate of drug-likeness (QED) is 0.876. The van der Waals surface area contributed by atoms with Gasteiger partial charge >= 0.3 is 0 Å². The molecule has 0 aliphatic carbocycles. The van der Waals surface area contributed by atoms with Gasteiger partial charge in [0.15, 0.2) is 12.2 Å². The first-order valence-electron chi connectivity index (χ1n) is 8.10. The molecule has 0 aromatic heterocycles. The van der Waals surface area contributed by atoms with Gasteiger partial charge in [0.1, 0.15) is 0 Å². The van der Waals surface area contributed by atoms with Crippen molar-refractivity contribution in [3.8, 4) is 11.1 Å². The van der Waals surface area contributed by atoms with Crippen molar-refractivity contribution in [3.63, 3.8) is 0 Å². The van der Waals surface area contributed by atoms with E-state index in [1.54, 1.807) is 4.90 Å². The number of aliphatic hydroxyl groups is 1. The molecule has 3 rings (SSSR count). The number of rotatable bonds is 4. The second-order valence-electron chi connectivity index (χ2n) is 5.76. The fourth-order valence-corrected chi connectivity index (χ4v) is 2.86. The molecule has 130 valence electrons. The number of anilines is 1. The molecule has 6 heteroatoms. The van der Waals surface area contributed by atoms with E-state index in [0.29, 0.717) is 12.2 Å². The smallest absolute Gasteiger partial charge is 0.259 e. The first kappa shape index (κ1) is 17.1. The molecule has 2 aromatic rings. The van der Waals surface area contributed by atoms with Crippen molar-refractivity contribution in [3.05, 3.63) is 54.6 Å². The first-order chi connectivity index (χ1) is 12.1. The summed E-state index contributed by atoms with van der Waals surface area (Å²) in [5.41, 5.74) is 2.75. The first-order valence-corrected chi connectivity index (χ1v) is 8.10. The molecule has 0 spiro atoms. The zero-order valence-corrected chi connectivity index (χ0v) is 13.9. The van der Waals surface area contributed by atoms with Crippen LogP contribution < -0.4 is 10.2 Å². The SMILES string of the molecule is CNC(=O)[C@H](O)[C@H]1OCCN(c2cccc(-c3ccccc3)c2)C1=O. The van der Waals surface area contributed by atoms with E-state index in [4.69, 9.17) is 4.74 Å². The summed E-state index contributed by atoms with van der Waals surface area (Å²) in [5.74, 6) is -1.06. The van der Waals surface area contributed by atoms with Gasteiger partial charge in [0.25, 0.3) is 11.8 Å². The highest BCUT2D eigenvalue weighted by Crippen LogP contribution is 2.26. The molecule has 6 nitrogen and oxygen atoms in total. The van der Waals surface area contributed by atoms with Crippen LogP contribution in [0.25, 0.3) is 11.1 Å². The zero-order valence-electron chi connectivity index (χ0n) is 13.9. The molecular weight excluding hydrogens is 320 g/mol. The monoisotopic (exact) mass is 340 g/mol. The lowest BCUT2D eigenvalue weighted by molar-refractivity contribution is -0.152. The summed E-state index contributed by atoms with van der Waals surface area (Å²) < 4.78 is 5.34.